The lowest BCUT2D eigenvalue weighted by Gasteiger charge is -2.22. The molecule has 0 bridgehead atoms. The van der Waals surface area contributed by atoms with Gasteiger partial charge in [0.1, 0.15) is 11.6 Å². The van der Waals surface area contributed by atoms with Crippen molar-refractivity contribution in [1.29, 1.82) is 0 Å². The number of aromatic amines is 1. The first kappa shape index (κ1) is 26.9. The maximum Gasteiger partial charge on any atom is 0.148 e. The Morgan fingerprint density at radius 1 is 0.974 bits per heavy atom. The van der Waals surface area contributed by atoms with Crippen molar-refractivity contribution in [2.24, 2.45) is 5.92 Å². The zero-order chi connectivity index (χ0) is 27.0. The van der Waals surface area contributed by atoms with Gasteiger partial charge < -0.3 is 14.8 Å². The van der Waals surface area contributed by atoms with E-state index in [2.05, 4.69) is 101 Å². The number of hydrogen-bond donors (Lipinski definition) is 2. The van der Waals surface area contributed by atoms with E-state index < -0.39 is 0 Å². The number of hydrogen-bond acceptors (Lipinski definition) is 6. The molecule has 0 saturated carbocycles. The minimum atomic E-state index is 0.722. The summed E-state index contributed by atoms with van der Waals surface area (Å²) in [5.74, 6) is 2.50. The molecular formula is C32H39N5O2. The number of H-pyrrole nitrogens is 1. The first-order chi connectivity index (χ1) is 19.1. The third kappa shape index (κ3) is 7.03. The van der Waals surface area contributed by atoms with Crippen molar-refractivity contribution in [1.82, 2.24) is 20.6 Å². The van der Waals surface area contributed by atoms with Crippen LogP contribution in [0.4, 0.5) is 5.69 Å². The van der Waals surface area contributed by atoms with Crippen molar-refractivity contribution in [2.45, 2.75) is 59.4 Å². The first-order valence-electron chi connectivity index (χ1n) is 14.0. The molecule has 0 atom stereocenters. The molecule has 7 heteroatoms. The maximum atomic E-state index is 6.18. The van der Waals surface area contributed by atoms with E-state index >= 15 is 0 Å². The number of aryl methyl sites for hydroxylation is 4. The molecular weight excluding hydrogens is 486 g/mol. The van der Waals surface area contributed by atoms with Gasteiger partial charge in [0.25, 0.3) is 0 Å². The molecule has 204 valence electrons. The highest BCUT2D eigenvalue weighted by Gasteiger charge is 2.15. The molecule has 3 aromatic carbocycles. The van der Waals surface area contributed by atoms with Crippen LogP contribution in [0.2, 0.25) is 0 Å². The van der Waals surface area contributed by atoms with Gasteiger partial charge in [-0.2, -0.15) is 0 Å². The van der Waals surface area contributed by atoms with Crippen LogP contribution in [0.3, 0.4) is 0 Å². The molecule has 4 aromatic rings. The van der Waals surface area contributed by atoms with Crippen LogP contribution in [-0.2, 0) is 24.1 Å². The number of ether oxygens (including phenoxy) is 2. The average molecular weight is 526 g/mol. The number of rotatable bonds is 11. The molecule has 0 aliphatic carbocycles. The number of nitrogens with zero attached hydrogens (tertiary/aromatic N) is 3. The Bertz CT molecular complexity index is 1320. The van der Waals surface area contributed by atoms with Crippen molar-refractivity contribution in [3.63, 3.8) is 0 Å². The highest BCUT2D eigenvalue weighted by molar-refractivity contribution is 5.75. The fourth-order valence-electron chi connectivity index (χ4n) is 5.49. The molecule has 0 unspecified atom stereocenters. The number of benzene rings is 3. The first-order valence-corrected chi connectivity index (χ1v) is 14.0. The Labute approximate surface area is 231 Å². The number of tetrazole rings is 1. The zero-order valence-electron chi connectivity index (χ0n) is 23.3. The van der Waals surface area contributed by atoms with Gasteiger partial charge in [-0.1, -0.05) is 30.3 Å². The summed E-state index contributed by atoms with van der Waals surface area (Å²) in [4.78, 5) is 0. The summed E-state index contributed by atoms with van der Waals surface area (Å²) in [5.41, 5.74) is 10.1. The quantitative estimate of drug-likeness (QED) is 0.236. The SMILES string of the molecule is Cc1cc(OCCC2CCOCC2)cc(C)c1-c1cccc(CNc2ccc(CCc3nnn[nH]3)cc2)c1C. The summed E-state index contributed by atoms with van der Waals surface area (Å²) in [6.07, 6.45) is 5.10. The Morgan fingerprint density at radius 3 is 2.46 bits per heavy atom. The molecule has 39 heavy (non-hydrogen) atoms. The Balaban J connectivity index is 1.20. The second kappa shape index (κ2) is 12.9. The summed E-state index contributed by atoms with van der Waals surface area (Å²) in [6, 6.07) is 19.6. The van der Waals surface area contributed by atoms with Gasteiger partial charge in [0, 0.05) is 31.9 Å². The van der Waals surface area contributed by atoms with E-state index in [0.717, 1.165) is 81.6 Å². The van der Waals surface area contributed by atoms with Crippen LogP contribution >= 0.6 is 0 Å². The predicted molar refractivity (Wildman–Crippen MR) is 155 cm³/mol. The lowest BCUT2D eigenvalue weighted by molar-refractivity contribution is 0.0593. The van der Waals surface area contributed by atoms with E-state index in [0.29, 0.717) is 0 Å². The maximum absolute atomic E-state index is 6.18. The monoisotopic (exact) mass is 525 g/mol. The number of anilines is 1. The molecule has 7 nitrogen and oxygen atoms in total. The van der Waals surface area contributed by atoms with Gasteiger partial charge in [0.05, 0.1) is 6.61 Å². The highest BCUT2D eigenvalue weighted by atomic mass is 16.5. The van der Waals surface area contributed by atoms with Crippen LogP contribution in [-0.4, -0.2) is 40.4 Å². The molecule has 1 saturated heterocycles. The van der Waals surface area contributed by atoms with Crippen LogP contribution in [0.15, 0.2) is 54.6 Å². The average Bonchev–Trinajstić information content (AvgIpc) is 3.47. The van der Waals surface area contributed by atoms with Gasteiger partial charge in [-0.05, 0) is 126 Å². The normalized spacial score (nSPS) is 13.9. The van der Waals surface area contributed by atoms with E-state index in [1.807, 2.05) is 0 Å². The topological polar surface area (TPSA) is 84.9 Å². The number of nitrogens with one attached hydrogen (secondary N) is 2. The van der Waals surface area contributed by atoms with E-state index in [-0.39, 0.29) is 0 Å². The van der Waals surface area contributed by atoms with Gasteiger partial charge in [-0.15, -0.1) is 5.10 Å². The standard InChI is InChI=1S/C32H39N5O2/c1-22-19-29(39-18-15-26-13-16-38-17-14-26)20-23(2)32(22)30-6-4-5-27(24(30)3)21-33-28-10-7-25(8-11-28)9-12-31-34-36-37-35-31/h4-8,10-11,19-20,26,33H,9,12-18,21H2,1-3H3,(H,34,35,36,37). The van der Waals surface area contributed by atoms with Crippen molar-refractivity contribution in [3.8, 4) is 16.9 Å². The molecule has 2 heterocycles. The molecule has 1 fully saturated rings. The lowest BCUT2D eigenvalue weighted by Crippen LogP contribution is -2.17. The lowest BCUT2D eigenvalue weighted by atomic mass is 9.90. The van der Waals surface area contributed by atoms with Crippen LogP contribution in [0.5, 0.6) is 5.75 Å². The summed E-state index contributed by atoms with van der Waals surface area (Å²) in [6.45, 7) is 9.93. The molecule has 0 spiro atoms. The van der Waals surface area contributed by atoms with Crippen molar-refractivity contribution < 1.29 is 9.47 Å². The molecule has 1 aliphatic rings. The second-order valence-corrected chi connectivity index (χ2v) is 10.6. The van der Waals surface area contributed by atoms with Crippen LogP contribution < -0.4 is 10.1 Å². The summed E-state index contributed by atoms with van der Waals surface area (Å²) in [5, 5.41) is 17.6. The minimum absolute atomic E-state index is 0.722. The minimum Gasteiger partial charge on any atom is -0.494 e. The van der Waals surface area contributed by atoms with Gasteiger partial charge in [0.2, 0.25) is 0 Å². The van der Waals surface area contributed by atoms with Crippen LogP contribution in [0.25, 0.3) is 11.1 Å². The van der Waals surface area contributed by atoms with Crippen molar-refractivity contribution in [2.75, 3.05) is 25.1 Å². The summed E-state index contributed by atoms with van der Waals surface area (Å²) < 4.78 is 11.7. The van der Waals surface area contributed by atoms with Crippen LogP contribution in [0, 0.1) is 26.7 Å². The molecule has 5 rings (SSSR count). The van der Waals surface area contributed by atoms with E-state index in [9.17, 15) is 0 Å². The van der Waals surface area contributed by atoms with Gasteiger partial charge in [-0.25, -0.2) is 5.10 Å². The third-order valence-electron chi connectivity index (χ3n) is 7.83. The summed E-state index contributed by atoms with van der Waals surface area (Å²) in [7, 11) is 0. The fraction of sp³-hybridized carbons (Fsp3) is 0.406. The molecule has 1 aromatic heterocycles. The van der Waals surface area contributed by atoms with E-state index in [1.165, 1.54) is 38.9 Å². The molecule has 0 amide bonds. The Kier molecular flexibility index (Phi) is 8.89. The number of aromatic nitrogens is 4. The summed E-state index contributed by atoms with van der Waals surface area (Å²) >= 11 is 0. The van der Waals surface area contributed by atoms with Gasteiger partial charge in [-0.3, -0.25) is 0 Å². The molecule has 0 radical (unpaired) electrons. The van der Waals surface area contributed by atoms with Crippen LogP contribution in [0.1, 0.15) is 52.9 Å². The largest absolute Gasteiger partial charge is 0.494 e. The van der Waals surface area contributed by atoms with Crippen molar-refractivity contribution in [3.05, 3.63) is 88.2 Å². The predicted octanol–water partition coefficient (Wildman–Crippen LogP) is 6.38. The van der Waals surface area contributed by atoms with E-state index in [1.54, 1.807) is 0 Å². The van der Waals surface area contributed by atoms with Crippen molar-refractivity contribution >= 4 is 5.69 Å². The Morgan fingerprint density at radius 2 is 1.74 bits per heavy atom. The van der Waals surface area contributed by atoms with Gasteiger partial charge >= 0.3 is 0 Å². The second-order valence-electron chi connectivity index (χ2n) is 10.6. The van der Waals surface area contributed by atoms with Gasteiger partial charge in [0.15, 0.2) is 0 Å². The highest BCUT2D eigenvalue weighted by Crippen LogP contribution is 2.34. The molecule has 1 aliphatic heterocycles. The third-order valence-corrected chi connectivity index (χ3v) is 7.83. The zero-order valence-corrected chi connectivity index (χ0v) is 23.3. The Hall–Kier alpha value is -3.71. The fourth-order valence-corrected chi connectivity index (χ4v) is 5.49. The smallest absolute Gasteiger partial charge is 0.148 e. The van der Waals surface area contributed by atoms with E-state index in [4.69, 9.17) is 9.47 Å². The molecule has 2 N–H and O–H groups in total.